The van der Waals surface area contributed by atoms with Crippen LogP contribution in [0.4, 0.5) is 10.5 Å². The Labute approximate surface area is 187 Å². The number of hydrogen-bond donors (Lipinski definition) is 1. The zero-order chi connectivity index (χ0) is 22.0. The van der Waals surface area contributed by atoms with Crippen LogP contribution in [0.5, 0.6) is 0 Å². The van der Waals surface area contributed by atoms with Crippen molar-refractivity contribution in [3.63, 3.8) is 0 Å². The van der Waals surface area contributed by atoms with Gasteiger partial charge in [0, 0.05) is 36.6 Å². The first-order valence-electron chi connectivity index (χ1n) is 10.7. The van der Waals surface area contributed by atoms with Gasteiger partial charge in [-0.05, 0) is 48.6 Å². The summed E-state index contributed by atoms with van der Waals surface area (Å²) in [5, 5.41) is 3.47. The summed E-state index contributed by atoms with van der Waals surface area (Å²) in [5.41, 5.74) is 3.91. The van der Waals surface area contributed by atoms with Gasteiger partial charge in [-0.2, -0.15) is 0 Å². The van der Waals surface area contributed by atoms with E-state index in [1.807, 2.05) is 43.3 Å². The zero-order valence-corrected chi connectivity index (χ0v) is 18.3. The van der Waals surface area contributed by atoms with E-state index in [0.29, 0.717) is 49.5 Å². The minimum absolute atomic E-state index is 0.0665. The van der Waals surface area contributed by atoms with Crippen LogP contribution >= 0.6 is 11.6 Å². The third-order valence-corrected chi connectivity index (χ3v) is 6.42. The summed E-state index contributed by atoms with van der Waals surface area (Å²) in [4.78, 5) is 40.7. The number of aryl methyl sites for hydroxylation is 1. The second-order valence-corrected chi connectivity index (χ2v) is 8.62. The van der Waals surface area contributed by atoms with Crippen molar-refractivity contribution < 1.29 is 14.4 Å². The van der Waals surface area contributed by atoms with E-state index >= 15 is 0 Å². The molecule has 1 N–H and O–H groups in total. The van der Waals surface area contributed by atoms with Crippen molar-refractivity contribution >= 4 is 35.1 Å². The number of amides is 4. The van der Waals surface area contributed by atoms with Crippen LogP contribution in [-0.4, -0.2) is 40.2 Å². The van der Waals surface area contributed by atoms with Crippen molar-refractivity contribution in [2.75, 3.05) is 11.9 Å². The van der Waals surface area contributed by atoms with Gasteiger partial charge in [-0.15, -0.1) is 0 Å². The Bertz CT molecular complexity index is 980. The molecule has 2 heterocycles. The molecule has 2 aromatic rings. The highest BCUT2D eigenvalue weighted by molar-refractivity contribution is 6.31. The fourth-order valence-corrected chi connectivity index (χ4v) is 4.39. The second-order valence-electron chi connectivity index (χ2n) is 8.21. The number of carbonyl (C=O) groups excluding carboxylic acids is 3. The molecule has 1 atom stereocenters. The molecule has 0 radical (unpaired) electrons. The number of rotatable bonds is 7. The Kier molecular flexibility index (Phi) is 6.28. The van der Waals surface area contributed by atoms with Crippen LogP contribution in [0.25, 0.3) is 0 Å². The van der Waals surface area contributed by atoms with Crippen LogP contribution in [0.2, 0.25) is 5.02 Å². The maximum Gasteiger partial charge on any atom is 0.327 e. The molecule has 0 bridgehead atoms. The molecule has 6 nitrogen and oxygen atoms in total. The van der Waals surface area contributed by atoms with Crippen molar-refractivity contribution in [2.45, 2.75) is 51.6 Å². The number of carbonyl (C=O) groups is 3. The number of nitrogens with one attached hydrogen (secondary N) is 1. The standard InChI is InChI=1S/C24H26ClN3O3/c1-16-10-11-19(14-20(16)25)26-22(29)9-3-2-6-12-27-23(30)21-13-17-7-4-5-8-18(17)15-28(21)24(27)31/h4-5,7-8,10-11,14,21H,2-3,6,9,12-13,15H2,1H3,(H,26,29)/t21-/m0/s1. The van der Waals surface area contributed by atoms with Gasteiger partial charge in [-0.3, -0.25) is 14.5 Å². The fourth-order valence-electron chi connectivity index (χ4n) is 4.21. The van der Waals surface area contributed by atoms with Crippen molar-refractivity contribution in [2.24, 2.45) is 0 Å². The van der Waals surface area contributed by atoms with Crippen molar-refractivity contribution in [3.8, 4) is 0 Å². The van der Waals surface area contributed by atoms with Gasteiger partial charge in [0.05, 0.1) is 0 Å². The van der Waals surface area contributed by atoms with Crippen molar-refractivity contribution in [3.05, 3.63) is 64.2 Å². The lowest BCUT2D eigenvalue weighted by atomic mass is 9.95. The van der Waals surface area contributed by atoms with Gasteiger partial charge in [0.1, 0.15) is 6.04 Å². The largest absolute Gasteiger partial charge is 0.327 e. The smallest absolute Gasteiger partial charge is 0.326 e. The van der Waals surface area contributed by atoms with Crippen molar-refractivity contribution in [1.29, 1.82) is 0 Å². The molecule has 0 aliphatic carbocycles. The van der Waals surface area contributed by atoms with Crippen molar-refractivity contribution in [1.82, 2.24) is 9.80 Å². The summed E-state index contributed by atoms with van der Waals surface area (Å²) in [6.07, 6.45) is 3.12. The van der Waals surface area contributed by atoms with E-state index < -0.39 is 0 Å². The van der Waals surface area contributed by atoms with E-state index in [4.69, 9.17) is 11.6 Å². The number of unbranched alkanes of at least 4 members (excludes halogenated alkanes) is 2. The van der Waals surface area contributed by atoms with Gasteiger partial charge in [0.2, 0.25) is 5.91 Å². The Morgan fingerprint density at radius 1 is 1.10 bits per heavy atom. The molecule has 1 fully saturated rings. The van der Waals surface area contributed by atoms with E-state index in [1.54, 1.807) is 11.0 Å². The van der Waals surface area contributed by atoms with Crippen LogP contribution in [-0.2, 0) is 22.6 Å². The number of hydrogen-bond acceptors (Lipinski definition) is 3. The third-order valence-electron chi connectivity index (χ3n) is 6.02. The first-order valence-corrected chi connectivity index (χ1v) is 11.1. The number of anilines is 1. The predicted molar refractivity (Wildman–Crippen MR) is 120 cm³/mol. The molecule has 4 rings (SSSR count). The topological polar surface area (TPSA) is 69.7 Å². The first kappa shape index (κ1) is 21.4. The zero-order valence-electron chi connectivity index (χ0n) is 17.6. The highest BCUT2D eigenvalue weighted by atomic mass is 35.5. The average molecular weight is 440 g/mol. The first-order chi connectivity index (χ1) is 14.9. The molecular formula is C24H26ClN3O3. The normalized spacial score (nSPS) is 17.5. The lowest BCUT2D eigenvalue weighted by Gasteiger charge is -2.28. The third kappa shape index (κ3) is 4.59. The second kappa shape index (κ2) is 9.10. The molecule has 1 saturated heterocycles. The maximum atomic E-state index is 12.8. The number of fused-ring (bicyclic) bond motifs is 2. The summed E-state index contributed by atoms with van der Waals surface area (Å²) >= 11 is 6.09. The van der Waals surface area contributed by atoms with Gasteiger partial charge in [-0.25, -0.2) is 4.79 Å². The molecular weight excluding hydrogens is 414 g/mol. The number of imide groups is 1. The maximum absolute atomic E-state index is 12.8. The van der Waals surface area contributed by atoms with Gasteiger partial charge in [0.25, 0.3) is 5.91 Å². The van der Waals surface area contributed by atoms with E-state index in [-0.39, 0.29) is 23.9 Å². The van der Waals surface area contributed by atoms with E-state index in [9.17, 15) is 14.4 Å². The average Bonchev–Trinajstić information content (AvgIpc) is 2.98. The summed E-state index contributed by atoms with van der Waals surface area (Å²) in [6, 6.07) is 12.8. The minimum atomic E-state index is -0.380. The van der Waals surface area contributed by atoms with Gasteiger partial charge in [0.15, 0.2) is 0 Å². The Balaban J connectivity index is 1.21. The summed E-state index contributed by atoms with van der Waals surface area (Å²) in [7, 11) is 0. The molecule has 0 aromatic heterocycles. The Hall–Kier alpha value is -2.86. The van der Waals surface area contributed by atoms with Crippen LogP contribution < -0.4 is 5.32 Å². The number of urea groups is 1. The Morgan fingerprint density at radius 3 is 2.65 bits per heavy atom. The van der Waals surface area contributed by atoms with Crippen LogP contribution in [0.1, 0.15) is 42.4 Å². The van der Waals surface area contributed by atoms with Gasteiger partial charge in [-0.1, -0.05) is 48.4 Å². The highest BCUT2D eigenvalue weighted by Gasteiger charge is 2.46. The molecule has 2 aromatic carbocycles. The fraction of sp³-hybridized carbons (Fsp3) is 0.375. The summed E-state index contributed by atoms with van der Waals surface area (Å²) in [5.74, 6) is -0.170. The molecule has 0 unspecified atom stereocenters. The van der Waals surface area contributed by atoms with Gasteiger partial charge >= 0.3 is 6.03 Å². The van der Waals surface area contributed by atoms with Crippen LogP contribution in [0.15, 0.2) is 42.5 Å². The number of nitrogens with zero attached hydrogens (tertiary/aromatic N) is 2. The SMILES string of the molecule is Cc1ccc(NC(=O)CCCCCN2C(=O)[C@@H]3Cc4ccccc4CN3C2=O)cc1Cl. The molecule has 7 heteroatoms. The molecule has 2 aliphatic rings. The highest BCUT2D eigenvalue weighted by Crippen LogP contribution is 2.30. The van der Waals surface area contributed by atoms with Gasteiger partial charge < -0.3 is 10.2 Å². The molecule has 4 amide bonds. The molecule has 0 saturated carbocycles. The van der Waals surface area contributed by atoms with E-state index in [2.05, 4.69) is 5.32 Å². The molecule has 2 aliphatic heterocycles. The van der Waals surface area contributed by atoms with E-state index in [0.717, 1.165) is 23.1 Å². The minimum Gasteiger partial charge on any atom is -0.326 e. The monoisotopic (exact) mass is 439 g/mol. The predicted octanol–water partition coefficient (Wildman–Crippen LogP) is 4.54. The lowest BCUT2D eigenvalue weighted by Crippen LogP contribution is -2.39. The van der Waals surface area contributed by atoms with E-state index in [1.165, 1.54) is 4.90 Å². The summed E-state index contributed by atoms with van der Waals surface area (Å²) in [6.45, 7) is 2.80. The molecule has 31 heavy (non-hydrogen) atoms. The lowest BCUT2D eigenvalue weighted by molar-refractivity contribution is -0.128. The Morgan fingerprint density at radius 2 is 1.87 bits per heavy atom. The molecule has 0 spiro atoms. The van der Waals surface area contributed by atoms with Crippen LogP contribution in [0.3, 0.4) is 0 Å². The molecule has 162 valence electrons. The number of halogens is 1. The summed E-state index contributed by atoms with van der Waals surface area (Å²) < 4.78 is 0. The van der Waals surface area contributed by atoms with Crippen LogP contribution in [0, 0.1) is 6.92 Å². The quantitative estimate of drug-likeness (QED) is 0.508. The number of benzene rings is 2.